The van der Waals surface area contributed by atoms with Gasteiger partial charge in [-0.05, 0) is 37.4 Å². The maximum absolute atomic E-state index is 12.7. The zero-order valence-corrected chi connectivity index (χ0v) is 15.4. The molecule has 0 bridgehead atoms. The van der Waals surface area contributed by atoms with Crippen molar-refractivity contribution < 1.29 is 9.32 Å². The first-order valence-electron chi connectivity index (χ1n) is 8.25. The molecule has 1 unspecified atom stereocenters. The molecule has 10 heteroatoms. The van der Waals surface area contributed by atoms with Crippen LogP contribution in [-0.4, -0.2) is 30.2 Å². The van der Waals surface area contributed by atoms with Crippen LogP contribution in [0, 0.1) is 6.92 Å². The van der Waals surface area contributed by atoms with Crippen LogP contribution >= 0.6 is 11.3 Å². The topological polar surface area (TPSA) is 107 Å². The van der Waals surface area contributed by atoms with E-state index in [1.54, 1.807) is 43.5 Å². The molecule has 0 aliphatic rings. The minimum atomic E-state index is -0.769. The van der Waals surface area contributed by atoms with Gasteiger partial charge < -0.3 is 9.84 Å². The number of fused-ring (bicyclic) bond motifs is 1. The summed E-state index contributed by atoms with van der Waals surface area (Å²) in [5.41, 5.74) is 0.464. The molecule has 1 N–H and O–H groups in total. The summed E-state index contributed by atoms with van der Waals surface area (Å²) in [5.74, 6) is 0.462. The highest BCUT2D eigenvalue weighted by atomic mass is 32.1. The van der Waals surface area contributed by atoms with Gasteiger partial charge in [-0.1, -0.05) is 11.2 Å². The van der Waals surface area contributed by atoms with E-state index in [1.807, 2.05) is 17.5 Å². The third-order valence-corrected chi connectivity index (χ3v) is 4.97. The fourth-order valence-corrected chi connectivity index (χ4v) is 3.33. The SMILES string of the molecule is Cc1noc(-c2cccn3c(=O)n(C(C)C(=O)NCc4cccs4)nc23)n1. The number of hydrogen-bond acceptors (Lipinski definition) is 7. The molecule has 1 atom stereocenters. The summed E-state index contributed by atoms with van der Waals surface area (Å²) in [7, 11) is 0. The Kier molecular flexibility index (Phi) is 4.32. The van der Waals surface area contributed by atoms with Crippen LogP contribution in [0.2, 0.25) is 0 Å². The van der Waals surface area contributed by atoms with E-state index in [2.05, 4.69) is 20.6 Å². The average molecular weight is 384 g/mol. The van der Waals surface area contributed by atoms with Gasteiger partial charge in [0.1, 0.15) is 6.04 Å². The third kappa shape index (κ3) is 3.14. The van der Waals surface area contributed by atoms with Gasteiger partial charge in [-0.15, -0.1) is 16.4 Å². The lowest BCUT2D eigenvalue weighted by molar-refractivity contribution is -0.124. The number of nitrogens with one attached hydrogen (secondary N) is 1. The number of pyridine rings is 1. The molecule has 0 radical (unpaired) electrons. The molecule has 4 rings (SSSR count). The van der Waals surface area contributed by atoms with Crippen molar-refractivity contribution in [1.29, 1.82) is 0 Å². The zero-order chi connectivity index (χ0) is 19.0. The van der Waals surface area contributed by atoms with Crippen molar-refractivity contribution in [2.45, 2.75) is 26.4 Å². The number of amides is 1. The van der Waals surface area contributed by atoms with Crippen LogP contribution in [-0.2, 0) is 11.3 Å². The monoisotopic (exact) mass is 384 g/mol. The first-order chi connectivity index (χ1) is 13.0. The molecule has 0 spiro atoms. The molecule has 27 heavy (non-hydrogen) atoms. The van der Waals surface area contributed by atoms with Crippen molar-refractivity contribution in [1.82, 2.24) is 29.6 Å². The van der Waals surface area contributed by atoms with Crippen LogP contribution in [0.5, 0.6) is 0 Å². The van der Waals surface area contributed by atoms with E-state index in [9.17, 15) is 9.59 Å². The molecule has 0 saturated carbocycles. The molecule has 4 heterocycles. The number of thiophene rings is 1. The normalized spacial score (nSPS) is 12.4. The van der Waals surface area contributed by atoms with Gasteiger partial charge >= 0.3 is 5.69 Å². The van der Waals surface area contributed by atoms with Crippen molar-refractivity contribution in [3.05, 3.63) is 57.0 Å². The zero-order valence-electron chi connectivity index (χ0n) is 14.6. The Bertz CT molecular complexity index is 1160. The summed E-state index contributed by atoms with van der Waals surface area (Å²) in [6.45, 7) is 3.75. The second kappa shape index (κ2) is 6.80. The molecule has 4 aromatic rings. The van der Waals surface area contributed by atoms with Crippen LogP contribution < -0.4 is 11.0 Å². The van der Waals surface area contributed by atoms with Crippen molar-refractivity contribution >= 4 is 22.9 Å². The number of aromatic nitrogens is 5. The molecule has 0 aromatic carbocycles. The Morgan fingerprint density at radius 3 is 2.93 bits per heavy atom. The highest BCUT2D eigenvalue weighted by Crippen LogP contribution is 2.21. The summed E-state index contributed by atoms with van der Waals surface area (Å²) in [6, 6.07) is 6.51. The van der Waals surface area contributed by atoms with Crippen LogP contribution in [0.15, 0.2) is 45.2 Å². The standard InChI is InChI=1S/C17H16N6O3S/c1-10(15(24)18-9-12-5-4-8-27-12)23-17(25)22-7-3-6-13(14(22)20-23)16-19-11(2)21-26-16/h3-8,10H,9H2,1-2H3,(H,18,24). The summed E-state index contributed by atoms with van der Waals surface area (Å²) in [6.07, 6.45) is 1.59. The van der Waals surface area contributed by atoms with Gasteiger partial charge in [-0.3, -0.25) is 4.79 Å². The van der Waals surface area contributed by atoms with Crippen LogP contribution in [0.3, 0.4) is 0 Å². The molecule has 4 aromatic heterocycles. The molecule has 1 amide bonds. The Labute approximate surface area is 157 Å². The van der Waals surface area contributed by atoms with Crippen LogP contribution in [0.4, 0.5) is 0 Å². The lowest BCUT2D eigenvalue weighted by Crippen LogP contribution is -2.35. The van der Waals surface area contributed by atoms with E-state index < -0.39 is 11.7 Å². The first kappa shape index (κ1) is 17.2. The van der Waals surface area contributed by atoms with E-state index in [1.165, 1.54) is 4.40 Å². The van der Waals surface area contributed by atoms with Crippen molar-refractivity contribution in [2.24, 2.45) is 0 Å². The fraction of sp³-hybridized carbons (Fsp3) is 0.235. The average Bonchev–Trinajstić information content (AvgIpc) is 3.40. The Morgan fingerprint density at radius 2 is 2.22 bits per heavy atom. The maximum atomic E-state index is 12.7. The first-order valence-corrected chi connectivity index (χ1v) is 9.13. The molecule has 0 aliphatic heterocycles. The van der Waals surface area contributed by atoms with E-state index in [-0.39, 0.29) is 11.8 Å². The molecule has 0 fully saturated rings. The lowest BCUT2D eigenvalue weighted by atomic mass is 10.2. The summed E-state index contributed by atoms with van der Waals surface area (Å²) in [5, 5.41) is 12.9. The number of carbonyl (C=O) groups excluding carboxylic acids is 1. The molecular formula is C17H16N6O3S. The summed E-state index contributed by atoms with van der Waals surface area (Å²) in [4.78, 5) is 30.4. The molecular weight excluding hydrogens is 368 g/mol. The van der Waals surface area contributed by atoms with E-state index >= 15 is 0 Å². The molecule has 9 nitrogen and oxygen atoms in total. The van der Waals surface area contributed by atoms with Crippen LogP contribution in [0.1, 0.15) is 23.7 Å². The maximum Gasteiger partial charge on any atom is 0.351 e. The number of hydrogen-bond donors (Lipinski definition) is 1. The smallest absolute Gasteiger partial charge is 0.349 e. The second-order valence-electron chi connectivity index (χ2n) is 5.96. The van der Waals surface area contributed by atoms with E-state index in [0.717, 1.165) is 9.56 Å². The Morgan fingerprint density at radius 1 is 1.37 bits per heavy atom. The second-order valence-corrected chi connectivity index (χ2v) is 6.99. The predicted molar refractivity (Wildman–Crippen MR) is 98.4 cm³/mol. The van der Waals surface area contributed by atoms with Gasteiger partial charge in [0.05, 0.1) is 12.1 Å². The number of rotatable bonds is 5. The number of carbonyl (C=O) groups is 1. The molecule has 0 saturated heterocycles. The fourth-order valence-electron chi connectivity index (χ4n) is 2.68. The van der Waals surface area contributed by atoms with Gasteiger partial charge in [0.15, 0.2) is 11.5 Å². The van der Waals surface area contributed by atoms with Crippen molar-refractivity contribution in [3.8, 4) is 11.5 Å². The predicted octanol–water partition coefficient (Wildman–Crippen LogP) is 1.79. The van der Waals surface area contributed by atoms with Gasteiger partial charge in [0.2, 0.25) is 5.91 Å². The number of aryl methyl sites for hydroxylation is 1. The Balaban J connectivity index is 1.66. The van der Waals surface area contributed by atoms with Gasteiger partial charge in [0, 0.05) is 11.1 Å². The Hall–Kier alpha value is -3.27. The molecule has 0 aliphatic carbocycles. The lowest BCUT2D eigenvalue weighted by Gasteiger charge is -2.10. The van der Waals surface area contributed by atoms with Gasteiger partial charge in [-0.2, -0.15) is 4.98 Å². The summed E-state index contributed by atoms with van der Waals surface area (Å²) < 4.78 is 7.71. The minimum Gasteiger partial charge on any atom is -0.349 e. The highest BCUT2D eigenvalue weighted by Gasteiger charge is 2.22. The van der Waals surface area contributed by atoms with Gasteiger partial charge in [-0.25, -0.2) is 13.9 Å². The summed E-state index contributed by atoms with van der Waals surface area (Å²) >= 11 is 1.55. The van der Waals surface area contributed by atoms with E-state index in [4.69, 9.17) is 4.52 Å². The van der Waals surface area contributed by atoms with Crippen LogP contribution in [0.25, 0.3) is 17.1 Å². The van der Waals surface area contributed by atoms with Crippen molar-refractivity contribution in [3.63, 3.8) is 0 Å². The largest absolute Gasteiger partial charge is 0.351 e. The van der Waals surface area contributed by atoms with E-state index in [0.29, 0.717) is 23.6 Å². The quantitative estimate of drug-likeness (QED) is 0.562. The number of nitrogens with zero attached hydrogens (tertiary/aromatic N) is 5. The minimum absolute atomic E-state index is 0.269. The molecule has 138 valence electrons. The third-order valence-electron chi connectivity index (χ3n) is 4.09. The highest BCUT2D eigenvalue weighted by molar-refractivity contribution is 7.09. The van der Waals surface area contributed by atoms with Crippen molar-refractivity contribution in [2.75, 3.05) is 0 Å². The van der Waals surface area contributed by atoms with Gasteiger partial charge in [0.25, 0.3) is 5.89 Å².